The third-order valence-corrected chi connectivity index (χ3v) is 17.3. The molecule has 4 aliphatic rings. The number of allylic oxidation sites excluding steroid dienone is 12. The first-order valence-electron chi connectivity index (χ1n) is 28.7. The molecule has 0 bridgehead atoms. The molecule has 0 N–H and O–H groups in total. The lowest BCUT2D eigenvalue weighted by molar-refractivity contribution is 0.426. The van der Waals surface area contributed by atoms with E-state index in [9.17, 15) is 0 Å². The summed E-state index contributed by atoms with van der Waals surface area (Å²) in [5.41, 5.74) is 18.9. The lowest BCUT2D eigenvalue weighted by Gasteiger charge is -2.22. The quantitative estimate of drug-likeness (QED) is 0.152. The molecular weight excluding hydrogens is 1000 g/mol. The van der Waals surface area contributed by atoms with Gasteiger partial charge >= 0.3 is 0 Å². The van der Waals surface area contributed by atoms with Crippen molar-refractivity contribution in [3.05, 3.63) is 272 Å². The molecule has 82 heavy (non-hydrogen) atoms. The molecule has 7 heteroatoms. The molecule has 1 atom stereocenters. The number of benzene rings is 9. The second kappa shape index (κ2) is 18.6. The molecule has 3 aliphatic carbocycles. The summed E-state index contributed by atoms with van der Waals surface area (Å²) in [4.78, 5) is 16.1. The van der Waals surface area contributed by atoms with Gasteiger partial charge in [0, 0.05) is 83.0 Å². The second-order valence-electron chi connectivity index (χ2n) is 21.9. The number of rotatable bonds is 8. The van der Waals surface area contributed by atoms with Gasteiger partial charge in [-0.05, 0) is 110 Å². The highest BCUT2D eigenvalue weighted by Crippen LogP contribution is 2.50. The van der Waals surface area contributed by atoms with Crippen LogP contribution in [-0.4, -0.2) is 28.7 Å². The molecule has 17 rings (SSSR count). The molecule has 1 aliphatic heterocycles. The van der Waals surface area contributed by atoms with Crippen molar-refractivity contribution in [2.24, 2.45) is 0 Å². The Morgan fingerprint density at radius 3 is 1.70 bits per heavy atom. The fourth-order valence-electron chi connectivity index (χ4n) is 13.6. The Morgan fingerprint density at radius 2 is 1.00 bits per heavy atom. The van der Waals surface area contributed by atoms with Crippen LogP contribution >= 0.6 is 0 Å². The molecule has 9 aromatic carbocycles. The number of fused-ring (bicyclic) bond motifs is 14. The predicted octanol–water partition coefficient (Wildman–Crippen LogP) is 18.9. The number of hydrogen-bond donors (Lipinski definition) is 0. The second-order valence-corrected chi connectivity index (χ2v) is 21.9. The minimum absolute atomic E-state index is 0.167. The monoisotopic (exact) mass is 1050 g/mol. The Kier molecular flexibility index (Phi) is 10.6. The maximum absolute atomic E-state index is 6.50. The molecule has 0 amide bonds. The Morgan fingerprint density at radius 1 is 0.415 bits per heavy atom. The van der Waals surface area contributed by atoms with Gasteiger partial charge < -0.3 is 18.4 Å². The summed E-state index contributed by atoms with van der Waals surface area (Å²) in [7, 11) is 0. The van der Waals surface area contributed by atoms with Crippen LogP contribution < -0.4 is 4.74 Å². The molecule has 0 radical (unpaired) electrons. The van der Waals surface area contributed by atoms with Gasteiger partial charge in [-0.1, -0.05) is 182 Å². The van der Waals surface area contributed by atoms with Crippen molar-refractivity contribution < 1.29 is 4.74 Å². The summed E-state index contributed by atoms with van der Waals surface area (Å²) in [6.45, 7) is 0. The summed E-state index contributed by atoms with van der Waals surface area (Å²) in [6, 6.07) is 72.6. The summed E-state index contributed by atoms with van der Waals surface area (Å²) in [5.74, 6) is 3.84. The van der Waals surface area contributed by atoms with Crippen LogP contribution in [0.15, 0.2) is 255 Å². The normalized spacial score (nSPS) is 15.7. The zero-order valence-corrected chi connectivity index (χ0v) is 44.9. The molecular formula is C75H52N6O. The summed E-state index contributed by atoms with van der Waals surface area (Å²) in [6.07, 6.45) is 23.2. The van der Waals surface area contributed by atoms with Gasteiger partial charge in [-0.3, -0.25) is 0 Å². The highest BCUT2D eigenvalue weighted by atomic mass is 16.5. The molecule has 13 aromatic rings. The van der Waals surface area contributed by atoms with Gasteiger partial charge in [0.1, 0.15) is 11.5 Å². The predicted molar refractivity (Wildman–Crippen MR) is 337 cm³/mol. The van der Waals surface area contributed by atoms with Crippen LogP contribution in [0, 0.1) is 0 Å². The number of hydrogen-bond acceptors (Lipinski definition) is 4. The first-order chi connectivity index (χ1) is 40.7. The first-order valence-corrected chi connectivity index (χ1v) is 28.7. The third kappa shape index (κ3) is 7.19. The van der Waals surface area contributed by atoms with Crippen molar-refractivity contribution in [3.8, 4) is 51.0 Å². The van der Waals surface area contributed by atoms with E-state index in [1.165, 1.54) is 65.6 Å². The minimum Gasteiger partial charge on any atom is -0.461 e. The van der Waals surface area contributed by atoms with Crippen LogP contribution in [0.2, 0.25) is 0 Å². The van der Waals surface area contributed by atoms with Crippen molar-refractivity contribution >= 4 is 82.3 Å². The van der Waals surface area contributed by atoms with E-state index in [0.29, 0.717) is 17.5 Å². The largest absolute Gasteiger partial charge is 0.461 e. The van der Waals surface area contributed by atoms with E-state index in [-0.39, 0.29) is 5.92 Å². The maximum Gasteiger partial charge on any atom is 0.164 e. The summed E-state index contributed by atoms with van der Waals surface area (Å²) < 4.78 is 14.1. The first kappa shape index (κ1) is 46.5. The molecule has 0 saturated carbocycles. The SMILES string of the molecule is C1=CC(c2cc(-c3nc(C4=CCC5C(=C4)Oc4ccccc45)nc(-c4ccccc4)n3)cc(-c3ccccc3)c2-n2c3ccccc3c3c2ccc2c4ccc5c(c6ccccc6n5C5=CCCC=C5)c4n(-c4ccccc4)c23)=CCC1. The van der Waals surface area contributed by atoms with Crippen LogP contribution in [0.5, 0.6) is 5.75 Å². The van der Waals surface area contributed by atoms with E-state index in [4.69, 9.17) is 19.7 Å². The smallest absolute Gasteiger partial charge is 0.164 e. The van der Waals surface area contributed by atoms with Gasteiger partial charge in [-0.2, -0.15) is 0 Å². The third-order valence-electron chi connectivity index (χ3n) is 17.3. The van der Waals surface area contributed by atoms with Crippen molar-refractivity contribution in [3.63, 3.8) is 0 Å². The van der Waals surface area contributed by atoms with Crippen LogP contribution in [0.4, 0.5) is 0 Å². The summed E-state index contributed by atoms with van der Waals surface area (Å²) in [5, 5.41) is 7.31. The van der Waals surface area contributed by atoms with Crippen LogP contribution in [0.3, 0.4) is 0 Å². The van der Waals surface area contributed by atoms with Gasteiger partial charge in [-0.25, -0.2) is 15.0 Å². The summed E-state index contributed by atoms with van der Waals surface area (Å²) >= 11 is 0. The maximum atomic E-state index is 6.50. The molecule has 1 unspecified atom stereocenters. The average Bonchev–Trinajstić information content (AvgIpc) is 1.80. The molecule has 388 valence electrons. The van der Waals surface area contributed by atoms with Crippen molar-refractivity contribution in [2.45, 2.75) is 38.0 Å². The Labute approximate surface area is 473 Å². The van der Waals surface area contributed by atoms with Gasteiger partial charge in [0.15, 0.2) is 17.5 Å². The van der Waals surface area contributed by atoms with E-state index < -0.39 is 0 Å². The van der Waals surface area contributed by atoms with E-state index in [1.807, 2.05) is 24.3 Å². The molecule has 4 aromatic heterocycles. The van der Waals surface area contributed by atoms with E-state index in [2.05, 4.69) is 238 Å². The Balaban J connectivity index is 0.954. The lowest BCUT2D eigenvalue weighted by atomic mass is 9.89. The van der Waals surface area contributed by atoms with Crippen LogP contribution in [-0.2, 0) is 0 Å². The molecule has 0 fully saturated rings. The van der Waals surface area contributed by atoms with Crippen molar-refractivity contribution in [2.75, 3.05) is 0 Å². The van der Waals surface area contributed by atoms with E-state index in [0.717, 1.165) is 105 Å². The number of nitrogens with zero attached hydrogens (tertiary/aromatic N) is 6. The lowest BCUT2D eigenvalue weighted by Crippen LogP contribution is -2.08. The van der Waals surface area contributed by atoms with Gasteiger partial charge in [-0.15, -0.1) is 0 Å². The van der Waals surface area contributed by atoms with Gasteiger partial charge in [0.25, 0.3) is 0 Å². The minimum atomic E-state index is 0.167. The van der Waals surface area contributed by atoms with Gasteiger partial charge in [0.2, 0.25) is 0 Å². The van der Waals surface area contributed by atoms with Gasteiger partial charge in [0.05, 0.1) is 38.8 Å². The van der Waals surface area contributed by atoms with Crippen molar-refractivity contribution in [1.29, 1.82) is 0 Å². The molecule has 0 saturated heterocycles. The fourth-order valence-corrected chi connectivity index (χ4v) is 13.6. The van der Waals surface area contributed by atoms with Crippen molar-refractivity contribution in [1.82, 2.24) is 28.7 Å². The zero-order chi connectivity index (χ0) is 53.8. The topological polar surface area (TPSA) is 62.7 Å². The number of aromatic nitrogens is 6. The molecule has 7 nitrogen and oxygen atoms in total. The number of ether oxygens (including phenoxy) is 1. The standard InChI is InChI=1S/C75H52N6O/c1-6-22-47(23-7-1)60-44-51(75-77-73(49-26-10-3-11-27-49)76-74(78-75)50-38-39-55-54-32-18-21-37-66(54)82-67(55)46-50)45-61(48-24-8-2-9-25-48)70(60)81-63-36-20-17-34-59(63)69-65(81)43-41-57-56-40-42-64-68(71(56)80(72(57)69)53-30-14-5-15-31-53)58-33-16-19-35-62(58)79(64)52-28-12-4-13-29-52/h1,3,5-8,10-12,14-38,40-46,55H,2,4,9,13,39H2. The molecule has 5 heterocycles. The average molecular weight is 1050 g/mol. The van der Waals surface area contributed by atoms with E-state index >= 15 is 0 Å². The molecule has 0 spiro atoms. The zero-order valence-electron chi connectivity index (χ0n) is 44.9. The van der Waals surface area contributed by atoms with Crippen LogP contribution in [0.25, 0.3) is 128 Å². The number of para-hydroxylation sites is 4. The highest BCUT2D eigenvalue weighted by Gasteiger charge is 2.33. The van der Waals surface area contributed by atoms with Crippen LogP contribution in [0.1, 0.15) is 55.0 Å². The highest BCUT2D eigenvalue weighted by molar-refractivity contribution is 6.32. The van der Waals surface area contributed by atoms with E-state index in [1.54, 1.807) is 0 Å². The Bertz CT molecular complexity index is 5020. The fraction of sp³-hybridized carbons (Fsp3) is 0.0800. The Hall–Kier alpha value is -10.4.